The minimum atomic E-state index is -0.351. The number of nitrogens with zero attached hydrogens (tertiary/aromatic N) is 3. The monoisotopic (exact) mass is 343 g/mol. The Balaban J connectivity index is 1.78. The second-order valence-electron chi connectivity index (χ2n) is 4.92. The van der Waals surface area contributed by atoms with Gasteiger partial charge in [0.05, 0.1) is 34.8 Å². The number of halogens is 1. The van der Waals surface area contributed by atoms with Crippen LogP contribution in [0.5, 0.6) is 0 Å². The summed E-state index contributed by atoms with van der Waals surface area (Å²) in [5.74, 6) is -0.351. The molecule has 0 unspecified atom stereocenters. The van der Waals surface area contributed by atoms with Gasteiger partial charge in [0, 0.05) is 11.8 Å². The van der Waals surface area contributed by atoms with E-state index in [0.29, 0.717) is 10.7 Å². The number of imidazole rings is 1. The number of benzene rings is 1. The lowest BCUT2D eigenvalue weighted by Gasteiger charge is -2.00. The summed E-state index contributed by atoms with van der Waals surface area (Å²) in [7, 11) is 1.37. The molecule has 0 N–H and O–H groups in total. The number of hydrogen-bond donors (Lipinski definition) is 0. The van der Waals surface area contributed by atoms with E-state index in [1.807, 2.05) is 28.8 Å². The first-order valence-electron chi connectivity index (χ1n) is 6.77. The molecule has 114 valence electrons. The summed E-state index contributed by atoms with van der Waals surface area (Å²) >= 11 is 7.48. The number of aromatic nitrogens is 3. The molecule has 23 heavy (non-hydrogen) atoms. The molecule has 0 amide bonds. The molecule has 7 heteroatoms. The lowest BCUT2D eigenvalue weighted by Crippen LogP contribution is -2.00. The highest BCUT2D eigenvalue weighted by molar-refractivity contribution is 7.23. The summed E-state index contributed by atoms with van der Waals surface area (Å²) < 4.78 is 7.74. The van der Waals surface area contributed by atoms with Gasteiger partial charge in [-0.05, 0) is 18.2 Å². The van der Waals surface area contributed by atoms with Gasteiger partial charge in [-0.15, -0.1) is 0 Å². The highest BCUT2D eigenvalue weighted by Gasteiger charge is 2.12. The molecule has 0 radical (unpaired) electrons. The number of carbonyl (C=O) groups is 1. The highest BCUT2D eigenvalue weighted by atomic mass is 35.5. The second kappa shape index (κ2) is 5.33. The maximum absolute atomic E-state index is 11.5. The van der Waals surface area contributed by atoms with Gasteiger partial charge >= 0.3 is 5.97 Å². The van der Waals surface area contributed by atoms with E-state index < -0.39 is 0 Å². The maximum atomic E-state index is 11.5. The van der Waals surface area contributed by atoms with E-state index in [-0.39, 0.29) is 5.97 Å². The van der Waals surface area contributed by atoms with Crippen molar-refractivity contribution in [3.05, 3.63) is 53.4 Å². The quantitative estimate of drug-likeness (QED) is 0.407. The third-order valence-corrected chi connectivity index (χ3v) is 4.77. The summed E-state index contributed by atoms with van der Waals surface area (Å²) in [6, 6.07) is 9.01. The molecule has 0 bridgehead atoms. The Morgan fingerprint density at radius 1 is 1.30 bits per heavy atom. The summed E-state index contributed by atoms with van der Waals surface area (Å²) in [6.45, 7) is 0. The molecule has 0 fully saturated rings. The molecule has 4 rings (SSSR count). The van der Waals surface area contributed by atoms with Crippen molar-refractivity contribution in [1.29, 1.82) is 0 Å². The van der Waals surface area contributed by atoms with Crippen LogP contribution in [0.15, 0.2) is 42.7 Å². The molecule has 0 atom stereocenters. The molecule has 5 nitrogen and oxygen atoms in total. The van der Waals surface area contributed by atoms with Crippen LogP contribution in [0.4, 0.5) is 0 Å². The summed E-state index contributed by atoms with van der Waals surface area (Å²) in [5.41, 5.74) is 3.26. The van der Waals surface area contributed by atoms with Crippen LogP contribution < -0.4 is 0 Å². The molecule has 1 aromatic carbocycles. The van der Waals surface area contributed by atoms with Crippen molar-refractivity contribution in [3.63, 3.8) is 0 Å². The zero-order valence-electron chi connectivity index (χ0n) is 12.0. The molecule has 3 aromatic heterocycles. The lowest BCUT2D eigenvalue weighted by atomic mass is 10.1. The molecule has 3 heterocycles. The van der Waals surface area contributed by atoms with Crippen molar-refractivity contribution in [2.75, 3.05) is 7.11 Å². The number of carbonyl (C=O) groups excluding carboxylic acids is 1. The zero-order chi connectivity index (χ0) is 16.0. The topological polar surface area (TPSA) is 56.5 Å². The van der Waals surface area contributed by atoms with E-state index in [4.69, 9.17) is 16.3 Å². The standard InChI is InChI=1S/C16H10ClN3O2S/c1-22-15(21)10-4-2-9(3-5-10)11-8-20-12-7-18-14(17)6-13(12)23-16(20)19-11/h2-8H,1H3. The number of fused-ring (bicyclic) bond motifs is 3. The van der Waals surface area contributed by atoms with Crippen molar-refractivity contribution >= 4 is 44.1 Å². The van der Waals surface area contributed by atoms with E-state index in [0.717, 1.165) is 26.4 Å². The Hall–Kier alpha value is -2.44. The van der Waals surface area contributed by atoms with Gasteiger partial charge in [0.25, 0.3) is 0 Å². The predicted molar refractivity (Wildman–Crippen MR) is 90.2 cm³/mol. The van der Waals surface area contributed by atoms with Crippen LogP contribution in [0, 0.1) is 0 Å². The summed E-state index contributed by atoms with van der Waals surface area (Å²) in [5, 5.41) is 0.473. The molecule has 0 saturated carbocycles. The number of ether oxygens (including phenoxy) is 1. The number of esters is 1. The third kappa shape index (κ3) is 2.36. The zero-order valence-corrected chi connectivity index (χ0v) is 13.6. The van der Waals surface area contributed by atoms with Gasteiger partial charge in [0.1, 0.15) is 5.15 Å². The Labute approximate surface area is 140 Å². The van der Waals surface area contributed by atoms with E-state index in [1.54, 1.807) is 29.7 Å². The van der Waals surface area contributed by atoms with Crippen LogP contribution in [0.1, 0.15) is 10.4 Å². The largest absolute Gasteiger partial charge is 0.465 e. The van der Waals surface area contributed by atoms with E-state index in [2.05, 4.69) is 9.97 Å². The smallest absolute Gasteiger partial charge is 0.337 e. The Morgan fingerprint density at radius 2 is 2.09 bits per heavy atom. The fourth-order valence-corrected chi connectivity index (χ4v) is 3.65. The van der Waals surface area contributed by atoms with Gasteiger partial charge in [0.2, 0.25) is 0 Å². The summed E-state index contributed by atoms with van der Waals surface area (Å²) in [6.07, 6.45) is 3.70. The second-order valence-corrected chi connectivity index (χ2v) is 6.32. The third-order valence-electron chi connectivity index (χ3n) is 3.55. The average Bonchev–Trinajstić information content (AvgIpc) is 3.11. The van der Waals surface area contributed by atoms with Crippen molar-refractivity contribution in [1.82, 2.24) is 14.4 Å². The normalized spacial score (nSPS) is 11.2. The molecule has 0 spiro atoms. The molecule has 0 saturated heterocycles. The van der Waals surface area contributed by atoms with Crippen LogP contribution in [-0.2, 0) is 4.74 Å². The Bertz CT molecular complexity index is 1040. The number of rotatable bonds is 2. The van der Waals surface area contributed by atoms with Crippen molar-refractivity contribution in [3.8, 4) is 11.3 Å². The fourth-order valence-electron chi connectivity index (χ4n) is 2.41. The molecule has 0 aliphatic heterocycles. The van der Waals surface area contributed by atoms with Crippen LogP contribution in [0.25, 0.3) is 26.4 Å². The Kier molecular flexibility index (Phi) is 3.28. The van der Waals surface area contributed by atoms with Gasteiger partial charge in [-0.1, -0.05) is 35.1 Å². The SMILES string of the molecule is COC(=O)c1ccc(-c2cn3c(n2)sc2cc(Cl)ncc23)cc1. The molecule has 0 aliphatic carbocycles. The number of pyridine rings is 1. The maximum Gasteiger partial charge on any atom is 0.337 e. The van der Waals surface area contributed by atoms with Crippen LogP contribution in [-0.4, -0.2) is 27.4 Å². The first-order valence-corrected chi connectivity index (χ1v) is 7.97. The fraction of sp³-hybridized carbons (Fsp3) is 0.0625. The lowest BCUT2D eigenvalue weighted by molar-refractivity contribution is 0.0601. The highest BCUT2D eigenvalue weighted by Crippen LogP contribution is 2.30. The molecule has 4 aromatic rings. The molecule has 0 aliphatic rings. The van der Waals surface area contributed by atoms with Crippen LogP contribution in [0.2, 0.25) is 5.15 Å². The first kappa shape index (κ1) is 14.2. The van der Waals surface area contributed by atoms with E-state index >= 15 is 0 Å². The van der Waals surface area contributed by atoms with Gasteiger partial charge in [-0.25, -0.2) is 14.8 Å². The van der Waals surface area contributed by atoms with Gasteiger partial charge in [-0.3, -0.25) is 4.40 Å². The predicted octanol–water partition coefficient (Wildman–Crippen LogP) is 4.05. The van der Waals surface area contributed by atoms with Gasteiger partial charge in [0.15, 0.2) is 4.96 Å². The van der Waals surface area contributed by atoms with Gasteiger partial charge < -0.3 is 4.74 Å². The summed E-state index contributed by atoms with van der Waals surface area (Å²) in [4.78, 5) is 21.1. The van der Waals surface area contributed by atoms with Crippen LogP contribution >= 0.6 is 22.9 Å². The van der Waals surface area contributed by atoms with Crippen molar-refractivity contribution < 1.29 is 9.53 Å². The minimum absolute atomic E-state index is 0.351. The first-order chi connectivity index (χ1) is 11.2. The average molecular weight is 344 g/mol. The minimum Gasteiger partial charge on any atom is -0.465 e. The number of methoxy groups -OCH3 is 1. The van der Waals surface area contributed by atoms with Crippen molar-refractivity contribution in [2.24, 2.45) is 0 Å². The van der Waals surface area contributed by atoms with E-state index in [9.17, 15) is 4.79 Å². The molecular weight excluding hydrogens is 334 g/mol. The van der Waals surface area contributed by atoms with E-state index in [1.165, 1.54) is 7.11 Å². The number of thiazole rings is 1. The van der Waals surface area contributed by atoms with Crippen molar-refractivity contribution in [2.45, 2.75) is 0 Å². The Morgan fingerprint density at radius 3 is 2.83 bits per heavy atom. The van der Waals surface area contributed by atoms with Crippen LogP contribution in [0.3, 0.4) is 0 Å². The van der Waals surface area contributed by atoms with Gasteiger partial charge in [-0.2, -0.15) is 0 Å². The molecular formula is C16H10ClN3O2S. The number of hydrogen-bond acceptors (Lipinski definition) is 5.